The van der Waals surface area contributed by atoms with Crippen LogP contribution in [0.3, 0.4) is 0 Å². The highest BCUT2D eigenvalue weighted by Gasteiger charge is 2.34. The smallest absolute Gasteiger partial charge is 0.124 e. The van der Waals surface area contributed by atoms with Gasteiger partial charge in [0.25, 0.3) is 0 Å². The molecule has 1 unspecified atom stereocenters. The Morgan fingerprint density at radius 2 is 1.02 bits per heavy atom. The molecule has 5 rings (SSSR count). The average Bonchev–Trinajstić information content (AvgIpc) is 3.37. The highest BCUT2D eigenvalue weighted by Crippen LogP contribution is 2.60. The molecule has 0 aliphatic heterocycles. The lowest BCUT2D eigenvalue weighted by molar-refractivity contribution is 0.408. The normalized spacial score (nSPS) is 14.7. The summed E-state index contributed by atoms with van der Waals surface area (Å²) in [6, 6.07) is 31.3. The van der Waals surface area contributed by atoms with Crippen LogP contribution in [0, 0.1) is 33.6 Å². The Labute approximate surface area is 247 Å². The molecule has 0 saturated heterocycles. The van der Waals surface area contributed by atoms with Crippen molar-refractivity contribution in [2.24, 2.45) is 5.92 Å². The van der Waals surface area contributed by atoms with Gasteiger partial charge in [0.2, 0.25) is 0 Å². The fourth-order valence-corrected chi connectivity index (χ4v) is 11.9. The second-order valence-corrected chi connectivity index (χ2v) is 14.8. The third kappa shape index (κ3) is 5.70. The van der Waals surface area contributed by atoms with Crippen LogP contribution in [0.4, 0.5) is 0 Å². The molecule has 208 valence electrons. The minimum atomic E-state index is -0.898. The van der Waals surface area contributed by atoms with Gasteiger partial charge in [-0.1, -0.05) is 78.9 Å². The van der Waals surface area contributed by atoms with E-state index in [0.29, 0.717) is 0 Å². The first-order chi connectivity index (χ1) is 19.9. The van der Waals surface area contributed by atoms with Gasteiger partial charge in [0.1, 0.15) is 11.5 Å². The van der Waals surface area contributed by atoms with E-state index in [-0.39, 0.29) is 5.92 Å². The minimum absolute atomic E-state index is 0.152. The van der Waals surface area contributed by atoms with Crippen molar-refractivity contribution in [2.75, 3.05) is 14.2 Å². The van der Waals surface area contributed by atoms with Crippen molar-refractivity contribution in [1.82, 2.24) is 0 Å². The Kier molecular flexibility index (Phi) is 8.94. The van der Waals surface area contributed by atoms with Crippen molar-refractivity contribution < 1.29 is 9.47 Å². The highest BCUT2D eigenvalue weighted by molar-refractivity contribution is 7.80. The van der Waals surface area contributed by atoms with Crippen LogP contribution >= 0.6 is 15.8 Å². The summed E-state index contributed by atoms with van der Waals surface area (Å²) in [5, 5.41) is 8.26. The molecule has 1 aliphatic carbocycles. The molecule has 2 nitrogen and oxygen atoms in total. The van der Waals surface area contributed by atoms with Gasteiger partial charge in [-0.15, -0.1) is 6.58 Å². The molecule has 0 spiro atoms. The summed E-state index contributed by atoms with van der Waals surface area (Å²) >= 11 is 0. The molecule has 4 heteroatoms. The summed E-state index contributed by atoms with van der Waals surface area (Å²) in [5.41, 5.74) is 4.64. The van der Waals surface area contributed by atoms with Gasteiger partial charge >= 0.3 is 0 Å². The standard InChI is InChI=1S/C37H38O2P2/c1-8-29-19-20-34(40(30-15-11-9-12-16-30)31-17-13-10-14-18-31)37(29)41(32-21-25(2)35(38-6)26(3)22-32)33-23-27(4)36(39-7)28(5)24-33/h8-24,29H,1H2,2-7H3. The van der Waals surface area contributed by atoms with E-state index in [4.69, 9.17) is 9.47 Å². The van der Waals surface area contributed by atoms with Gasteiger partial charge in [0.15, 0.2) is 0 Å². The molecule has 1 atom stereocenters. The number of methoxy groups -OCH3 is 2. The SMILES string of the molecule is C=CC1C=CC(P(c2ccccc2)c2ccccc2)=C1P(c1cc(C)c(OC)c(C)c1)c1cc(C)c(OC)c(C)c1. The Balaban J connectivity index is 1.84. The number of benzene rings is 4. The second kappa shape index (κ2) is 12.6. The predicted octanol–water partition coefficient (Wildman–Crippen LogP) is 8.09. The van der Waals surface area contributed by atoms with Gasteiger partial charge in [-0.2, -0.15) is 0 Å². The molecule has 0 aromatic heterocycles. The Morgan fingerprint density at radius 1 is 0.610 bits per heavy atom. The zero-order chi connectivity index (χ0) is 29.1. The van der Waals surface area contributed by atoms with Crippen molar-refractivity contribution in [3.8, 4) is 11.5 Å². The predicted molar refractivity (Wildman–Crippen MR) is 180 cm³/mol. The van der Waals surface area contributed by atoms with E-state index in [2.05, 4.69) is 137 Å². The van der Waals surface area contributed by atoms with Gasteiger partial charge in [-0.05, 0) is 122 Å². The molecule has 4 aromatic rings. The third-order valence-corrected chi connectivity index (χ3v) is 12.9. The van der Waals surface area contributed by atoms with E-state index in [9.17, 15) is 0 Å². The first-order valence-corrected chi connectivity index (χ1v) is 16.6. The molecule has 0 radical (unpaired) electrons. The Morgan fingerprint density at radius 3 is 1.39 bits per heavy atom. The van der Waals surface area contributed by atoms with Crippen LogP contribution in [0.1, 0.15) is 22.3 Å². The van der Waals surface area contributed by atoms with Crippen LogP contribution in [-0.2, 0) is 0 Å². The Hall–Kier alpha value is -3.44. The van der Waals surface area contributed by atoms with Crippen LogP contribution in [0.15, 0.2) is 120 Å². The molecular weight excluding hydrogens is 538 g/mol. The number of rotatable bonds is 9. The number of aryl methyl sites for hydroxylation is 4. The molecule has 0 heterocycles. The summed E-state index contributed by atoms with van der Waals surface area (Å²) in [4.78, 5) is 0. The van der Waals surface area contributed by atoms with Crippen molar-refractivity contribution in [3.05, 3.63) is 143 Å². The number of hydrogen-bond donors (Lipinski definition) is 0. The number of allylic oxidation sites excluding steroid dienone is 5. The average molecular weight is 577 g/mol. The number of ether oxygens (including phenoxy) is 2. The molecule has 0 bridgehead atoms. The van der Waals surface area contributed by atoms with Gasteiger partial charge in [0, 0.05) is 5.92 Å². The first kappa shape index (κ1) is 29.1. The van der Waals surface area contributed by atoms with Crippen molar-refractivity contribution >= 4 is 37.1 Å². The Bertz CT molecular complexity index is 1470. The zero-order valence-corrected chi connectivity index (χ0v) is 26.6. The van der Waals surface area contributed by atoms with Crippen LogP contribution in [0.2, 0.25) is 0 Å². The molecule has 4 aromatic carbocycles. The topological polar surface area (TPSA) is 18.5 Å². The fourth-order valence-electron chi connectivity index (χ4n) is 5.95. The van der Waals surface area contributed by atoms with Crippen LogP contribution in [-0.4, -0.2) is 14.2 Å². The molecule has 0 amide bonds. The van der Waals surface area contributed by atoms with Gasteiger partial charge < -0.3 is 9.47 Å². The fraction of sp³-hybridized carbons (Fsp3) is 0.189. The maximum atomic E-state index is 5.78. The van der Waals surface area contributed by atoms with E-state index in [1.54, 1.807) is 14.2 Å². The first-order valence-electron chi connectivity index (χ1n) is 13.9. The van der Waals surface area contributed by atoms with Gasteiger partial charge in [-0.3, -0.25) is 0 Å². The van der Waals surface area contributed by atoms with E-state index < -0.39 is 15.8 Å². The molecule has 0 N–H and O–H groups in total. The maximum absolute atomic E-state index is 5.78. The van der Waals surface area contributed by atoms with Crippen LogP contribution < -0.4 is 30.7 Å². The van der Waals surface area contributed by atoms with Crippen molar-refractivity contribution in [3.63, 3.8) is 0 Å². The lowest BCUT2D eigenvalue weighted by atomic mass is 10.1. The van der Waals surface area contributed by atoms with Crippen molar-refractivity contribution in [1.29, 1.82) is 0 Å². The molecule has 0 saturated carbocycles. The second-order valence-electron chi connectivity index (χ2n) is 10.5. The quantitative estimate of drug-likeness (QED) is 0.148. The molecule has 41 heavy (non-hydrogen) atoms. The zero-order valence-electron chi connectivity index (χ0n) is 24.8. The van der Waals surface area contributed by atoms with Gasteiger partial charge in [-0.25, -0.2) is 0 Å². The van der Waals surface area contributed by atoms with E-state index in [1.807, 2.05) is 0 Å². The summed E-state index contributed by atoms with van der Waals surface area (Å²) < 4.78 is 11.6. The lowest BCUT2D eigenvalue weighted by Gasteiger charge is -2.30. The highest BCUT2D eigenvalue weighted by atomic mass is 31.1. The number of hydrogen-bond acceptors (Lipinski definition) is 2. The maximum Gasteiger partial charge on any atom is 0.124 e. The van der Waals surface area contributed by atoms with E-state index >= 15 is 0 Å². The van der Waals surface area contributed by atoms with E-state index in [0.717, 1.165) is 33.8 Å². The summed E-state index contributed by atoms with van der Waals surface area (Å²) in [5.74, 6) is 2.07. The summed E-state index contributed by atoms with van der Waals surface area (Å²) in [6.07, 6.45) is 6.85. The van der Waals surface area contributed by atoms with E-state index in [1.165, 1.54) is 31.8 Å². The summed E-state index contributed by atoms with van der Waals surface area (Å²) in [6.45, 7) is 12.9. The van der Waals surface area contributed by atoms with Crippen LogP contribution in [0.5, 0.6) is 11.5 Å². The monoisotopic (exact) mass is 576 g/mol. The third-order valence-electron chi connectivity index (χ3n) is 7.62. The van der Waals surface area contributed by atoms with Gasteiger partial charge in [0.05, 0.1) is 14.2 Å². The lowest BCUT2D eigenvalue weighted by Crippen LogP contribution is -2.19. The minimum Gasteiger partial charge on any atom is -0.496 e. The molecular formula is C37H38O2P2. The molecule has 0 fully saturated rings. The largest absolute Gasteiger partial charge is 0.496 e. The van der Waals surface area contributed by atoms with Crippen LogP contribution in [0.25, 0.3) is 0 Å². The van der Waals surface area contributed by atoms with Crippen molar-refractivity contribution in [2.45, 2.75) is 27.7 Å². The molecule has 1 aliphatic rings. The summed E-state index contributed by atoms with van der Waals surface area (Å²) in [7, 11) is 1.85.